The first-order valence-electron chi connectivity index (χ1n) is 19.8. The molecule has 2 aromatic carbocycles. The molecule has 12 heteroatoms. The highest BCUT2D eigenvalue weighted by atomic mass is 32.1. The standard InChI is InChI=1S/C44H51N7O4S/c1-28-32(19-45-51(28)27-43-22-41(2)21-42(3,23-43)25-44(24-41,26-43)55-18-17-49(4)5)30-13-14-36(47-37(30)39(53)54)50-16-15-29-9-8-10-31(33(29)20-50)38(52)48-40-46-34-11-6-7-12-35(34)56-40/h6-14,19H,15-18,20-27H2,1-5H3,(H,53,54)(H,46,48,52). The number of hydrogen-bond acceptors (Lipinski definition) is 9. The molecule has 0 saturated heterocycles. The number of benzene rings is 2. The van der Waals surface area contributed by atoms with Crippen LogP contribution in [0.3, 0.4) is 0 Å². The van der Waals surface area contributed by atoms with Crippen LogP contribution in [0.4, 0.5) is 10.9 Å². The van der Waals surface area contributed by atoms with E-state index in [0.717, 1.165) is 84.4 Å². The molecular weight excluding hydrogens is 723 g/mol. The lowest BCUT2D eigenvalue weighted by Crippen LogP contribution is -2.64. The van der Waals surface area contributed by atoms with Crippen LogP contribution in [0.25, 0.3) is 21.3 Å². The minimum atomic E-state index is -1.08. The van der Waals surface area contributed by atoms with E-state index in [0.29, 0.717) is 41.6 Å². The van der Waals surface area contributed by atoms with E-state index < -0.39 is 5.97 Å². The lowest BCUT2D eigenvalue weighted by atomic mass is 9.39. The normalized spacial score (nSPS) is 26.6. The zero-order chi connectivity index (χ0) is 39.0. The van der Waals surface area contributed by atoms with Crippen molar-refractivity contribution in [2.75, 3.05) is 44.0 Å². The van der Waals surface area contributed by atoms with Gasteiger partial charge in [-0.25, -0.2) is 14.8 Å². The second-order valence-corrected chi connectivity index (χ2v) is 19.3. The Balaban J connectivity index is 0.959. The van der Waals surface area contributed by atoms with E-state index in [1.165, 1.54) is 17.8 Å². The van der Waals surface area contributed by atoms with Gasteiger partial charge in [-0.3, -0.25) is 14.8 Å². The molecule has 2 unspecified atom stereocenters. The quantitative estimate of drug-likeness (QED) is 0.137. The zero-order valence-electron chi connectivity index (χ0n) is 33.0. The van der Waals surface area contributed by atoms with Crippen molar-refractivity contribution < 1.29 is 19.4 Å². The Labute approximate surface area is 332 Å². The van der Waals surface area contributed by atoms with Gasteiger partial charge in [-0.2, -0.15) is 5.10 Å². The van der Waals surface area contributed by atoms with Gasteiger partial charge in [0.1, 0.15) is 5.82 Å². The van der Waals surface area contributed by atoms with E-state index in [-0.39, 0.29) is 33.4 Å². The van der Waals surface area contributed by atoms with Gasteiger partial charge in [-0.05, 0) is 124 Å². The number of nitrogens with one attached hydrogen (secondary N) is 1. The number of aromatic carboxylic acids is 1. The van der Waals surface area contributed by atoms with Crippen molar-refractivity contribution in [3.05, 3.63) is 88.9 Å². The summed E-state index contributed by atoms with van der Waals surface area (Å²) in [4.78, 5) is 40.1. The molecule has 0 radical (unpaired) electrons. The molecule has 0 spiro atoms. The number of anilines is 2. The summed E-state index contributed by atoms with van der Waals surface area (Å²) < 4.78 is 9.98. The number of amides is 1. The Hall–Kier alpha value is -4.65. The molecule has 5 aliphatic rings. The van der Waals surface area contributed by atoms with Crippen LogP contribution in [0.15, 0.2) is 60.8 Å². The van der Waals surface area contributed by atoms with E-state index in [9.17, 15) is 14.7 Å². The summed E-state index contributed by atoms with van der Waals surface area (Å²) in [5, 5.41) is 19.0. The van der Waals surface area contributed by atoms with Crippen LogP contribution in [0.1, 0.15) is 90.0 Å². The van der Waals surface area contributed by atoms with E-state index in [2.05, 4.69) is 65.7 Å². The maximum absolute atomic E-state index is 13.6. The minimum Gasteiger partial charge on any atom is -0.476 e. The van der Waals surface area contributed by atoms with Crippen molar-refractivity contribution in [3.63, 3.8) is 0 Å². The summed E-state index contributed by atoms with van der Waals surface area (Å²) in [5.74, 6) is -0.729. The van der Waals surface area contributed by atoms with Gasteiger partial charge in [-0.15, -0.1) is 0 Å². The van der Waals surface area contributed by atoms with Gasteiger partial charge in [0, 0.05) is 48.6 Å². The smallest absolute Gasteiger partial charge is 0.355 e. The second-order valence-electron chi connectivity index (χ2n) is 18.2. The predicted molar refractivity (Wildman–Crippen MR) is 220 cm³/mol. The third-order valence-electron chi connectivity index (χ3n) is 12.9. The number of carbonyl (C=O) groups is 2. The molecule has 1 aliphatic heterocycles. The first-order valence-corrected chi connectivity index (χ1v) is 20.6. The number of pyridine rings is 1. The number of carboxylic acids is 1. The molecular formula is C44H51N7O4S. The average Bonchev–Trinajstić information content (AvgIpc) is 3.70. The first kappa shape index (κ1) is 37.0. The summed E-state index contributed by atoms with van der Waals surface area (Å²) in [5.41, 5.74) is 6.17. The summed E-state index contributed by atoms with van der Waals surface area (Å²) in [7, 11) is 4.20. The summed E-state index contributed by atoms with van der Waals surface area (Å²) in [6.45, 7) is 10.5. The fraction of sp³-hybridized carbons (Fsp3) is 0.477. The Morgan fingerprint density at radius 1 is 0.946 bits per heavy atom. The van der Waals surface area contributed by atoms with E-state index in [1.54, 1.807) is 0 Å². The van der Waals surface area contributed by atoms with Crippen LogP contribution in [0.5, 0.6) is 0 Å². The number of aromatic nitrogens is 4. The van der Waals surface area contributed by atoms with E-state index >= 15 is 0 Å². The average molecular weight is 774 g/mol. The van der Waals surface area contributed by atoms with Gasteiger partial charge in [0.25, 0.3) is 5.91 Å². The van der Waals surface area contributed by atoms with Gasteiger partial charge >= 0.3 is 5.97 Å². The second kappa shape index (κ2) is 13.5. The Bertz CT molecular complexity index is 2310. The van der Waals surface area contributed by atoms with Crippen molar-refractivity contribution in [2.45, 2.75) is 84.4 Å². The molecule has 292 valence electrons. The summed E-state index contributed by atoms with van der Waals surface area (Å²) in [6, 6.07) is 17.4. The number of rotatable bonds is 11. The monoisotopic (exact) mass is 773 g/mol. The predicted octanol–water partition coefficient (Wildman–Crippen LogP) is 8.07. The number of carboxylic acid groups (broad SMARTS) is 1. The molecule has 56 heavy (non-hydrogen) atoms. The SMILES string of the molecule is Cc1c(-c2ccc(N3CCc4cccc(C(=O)Nc5nc6ccccc6s5)c4C3)nc2C(=O)O)cnn1CC12CC3(C)CC(C)(C1)CC(OCCN(C)C)(C3)C2. The molecule has 4 heterocycles. The molecule has 2 atom stereocenters. The number of nitrogens with zero attached hydrogens (tertiary/aromatic N) is 6. The number of thiazole rings is 1. The van der Waals surface area contributed by atoms with Gasteiger partial charge in [0.15, 0.2) is 10.8 Å². The van der Waals surface area contributed by atoms with Crippen LogP contribution < -0.4 is 10.2 Å². The molecule has 11 nitrogen and oxygen atoms in total. The summed E-state index contributed by atoms with van der Waals surface area (Å²) >= 11 is 1.45. The molecule has 4 aliphatic carbocycles. The third kappa shape index (κ3) is 6.69. The number of fused-ring (bicyclic) bond motifs is 2. The lowest BCUT2D eigenvalue weighted by Gasteiger charge is -2.69. The highest BCUT2D eigenvalue weighted by Crippen LogP contribution is 2.72. The van der Waals surface area contributed by atoms with E-state index in [4.69, 9.17) is 14.8 Å². The van der Waals surface area contributed by atoms with Gasteiger partial charge in [0.2, 0.25) is 0 Å². The van der Waals surface area contributed by atoms with Crippen molar-refractivity contribution in [1.82, 2.24) is 24.6 Å². The number of carbonyl (C=O) groups excluding carboxylic acids is 1. The zero-order valence-corrected chi connectivity index (χ0v) is 33.8. The molecule has 4 bridgehead atoms. The number of para-hydroxylation sites is 1. The highest BCUT2D eigenvalue weighted by molar-refractivity contribution is 7.22. The topological polar surface area (TPSA) is 126 Å². The molecule has 4 fully saturated rings. The van der Waals surface area contributed by atoms with Crippen LogP contribution in [-0.4, -0.2) is 81.0 Å². The largest absolute Gasteiger partial charge is 0.476 e. The van der Waals surface area contributed by atoms with Gasteiger partial charge < -0.3 is 19.6 Å². The van der Waals surface area contributed by atoms with Crippen LogP contribution in [0, 0.1) is 23.2 Å². The third-order valence-corrected chi connectivity index (χ3v) is 13.9. The Morgan fingerprint density at radius 2 is 1.73 bits per heavy atom. The maximum Gasteiger partial charge on any atom is 0.355 e. The van der Waals surface area contributed by atoms with Gasteiger partial charge in [0.05, 0.1) is 28.6 Å². The first-order chi connectivity index (χ1) is 26.7. The fourth-order valence-electron chi connectivity index (χ4n) is 11.9. The van der Waals surface area contributed by atoms with Gasteiger partial charge in [-0.1, -0.05) is 49.4 Å². The Morgan fingerprint density at radius 3 is 2.48 bits per heavy atom. The molecule has 3 aromatic heterocycles. The van der Waals surface area contributed by atoms with Crippen molar-refractivity contribution in [2.24, 2.45) is 16.2 Å². The van der Waals surface area contributed by atoms with Crippen molar-refractivity contribution in [3.8, 4) is 11.1 Å². The number of hydrogen-bond donors (Lipinski definition) is 2. The molecule has 4 saturated carbocycles. The Kier molecular flexibility index (Phi) is 8.90. The van der Waals surface area contributed by atoms with E-state index in [1.807, 2.05) is 54.7 Å². The van der Waals surface area contributed by atoms with Crippen LogP contribution in [-0.2, 0) is 24.2 Å². The van der Waals surface area contributed by atoms with Crippen molar-refractivity contribution >= 4 is 44.4 Å². The highest BCUT2D eigenvalue weighted by Gasteiger charge is 2.66. The lowest BCUT2D eigenvalue weighted by molar-refractivity contribution is -0.248. The molecule has 1 amide bonds. The molecule has 10 rings (SSSR count). The number of ether oxygens (including phenoxy) is 1. The molecule has 2 N–H and O–H groups in total. The minimum absolute atomic E-state index is 0.000817. The molecule has 5 aromatic rings. The van der Waals surface area contributed by atoms with Crippen LogP contribution in [0.2, 0.25) is 0 Å². The fourth-order valence-corrected chi connectivity index (χ4v) is 12.7. The summed E-state index contributed by atoms with van der Waals surface area (Å²) in [6.07, 6.45) is 9.36. The van der Waals surface area contributed by atoms with Crippen molar-refractivity contribution in [1.29, 1.82) is 0 Å². The van der Waals surface area contributed by atoms with Crippen LogP contribution >= 0.6 is 11.3 Å². The maximum atomic E-state index is 13.6. The number of likely N-dealkylation sites (N-methyl/N-ethyl adjacent to an activating group) is 1.